The van der Waals surface area contributed by atoms with Gasteiger partial charge in [-0.05, 0) is 18.8 Å². The first kappa shape index (κ1) is 28.6. The van der Waals surface area contributed by atoms with Crippen LogP contribution >= 0.6 is 45.1 Å². The molecule has 0 aromatic heterocycles. The Morgan fingerprint density at radius 2 is 1.88 bits per heavy atom. The molecule has 4 unspecified atom stereocenters. The van der Waals surface area contributed by atoms with Gasteiger partial charge in [-0.1, -0.05) is 21.6 Å². The van der Waals surface area contributed by atoms with Crippen molar-refractivity contribution in [3.05, 3.63) is 11.8 Å². The zero-order valence-electron chi connectivity index (χ0n) is 17.6. The summed E-state index contributed by atoms with van der Waals surface area (Å²) in [6.45, 7) is 1.09. The Morgan fingerprint density at radius 3 is 2.53 bits per heavy atom. The van der Waals surface area contributed by atoms with Crippen molar-refractivity contribution in [1.29, 1.82) is 0 Å². The highest BCUT2D eigenvalue weighted by Crippen LogP contribution is 2.66. The number of rotatable bonds is 12. The lowest BCUT2D eigenvalue weighted by Crippen LogP contribution is -2.43. The molecule has 2 fully saturated rings. The predicted molar refractivity (Wildman–Crippen MR) is 117 cm³/mol. The van der Waals surface area contributed by atoms with Crippen molar-refractivity contribution in [3.63, 3.8) is 0 Å². The van der Waals surface area contributed by atoms with Crippen LogP contribution in [0.25, 0.3) is 0 Å². The van der Waals surface area contributed by atoms with Crippen LogP contribution in [-0.2, 0) is 41.1 Å². The number of nitrogens with one attached hydrogen (secondary N) is 1. The number of fused-ring (bicyclic) bond motifs is 1. The van der Waals surface area contributed by atoms with E-state index in [0.717, 1.165) is 5.57 Å². The van der Waals surface area contributed by atoms with Gasteiger partial charge in [-0.25, -0.2) is 18.5 Å². The molecular formula is C13H23N2O14P3S2. The van der Waals surface area contributed by atoms with E-state index in [0.29, 0.717) is 0 Å². The molecule has 21 heteroatoms. The van der Waals surface area contributed by atoms with Crippen LogP contribution < -0.4 is 5.32 Å². The molecule has 34 heavy (non-hydrogen) atoms. The molecule has 196 valence electrons. The maximum absolute atomic E-state index is 12.5. The second-order valence-electron chi connectivity index (χ2n) is 7.07. The van der Waals surface area contributed by atoms with Crippen molar-refractivity contribution < 1.29 is 65.4 Å². The fourth-order valence-electron chi connectivity index (χ4n) is 3.16. The second-order valence-corrected chi connectivity index (χ2v) is 14.0. The van der Waals surface area contributed by atoms with Gasteiger partial charge in [0.2, 0.25) is 0 Å². The number of hydrogen-bond donors (Lipinski definition) is 5. The quantitative estimate of drug-likeness (QED) is 0.0715. The van der Waals surface area contributed by atoms with Gasteiger partial charge in [-0.15, -0.1) is 0 Å². The van der Waals surface area contributed by atoms with Gasteiger partial charge in [0.25, 0.3) is 0 Å². The van der Waals surface area contributed by atoms with Gasteiger partial charge < -0.3 is 39.1 Å². The highest BCUT2D eigenvalue weighted by atomic mass is 33.1. The minimum atomic E-state index is -5.65. The van der Waals surface area contributed by atoms with Crippen molar-refractivity contribution in [2.45, 2.75) is 44.1 Å². The molecule has 0 radical (unpaired) electrons. The second kappa shape index (κ2) is 11.2. The summed E-state index contributed by atoms with van der Waals surface area (Å²) in [5, 5.41) is 2.67. The van der Waals surface area contributed by atoms with E-state index in [1.807, 2.05) is 6.26 Å². The molecular weight excluding hydrogens is 565 g/mol. The fraction of sp³-hybridized carbons (Fsp3) is 0.769. The molecule has 16 nitrogen and oxygen atoms in total. The van der Waals surface area contributed by atoms with Gasteiger partial charge in [0.15, 0.2) is 6.23 Å². The number of hydrogen-bond acceptors (Lipinski definition) is 12. The van der Waals surface area contributed by atoms with Crippen LogP contribution in [0.2, 0.25) is 0 Å². The molecule has 3 heterocycles. The topological polar surface area (TPSA) is 223 Å². The molecule has 3 aliphatic rings. The van der Waals surface area contributed by atoms with E-state index >= 15 is 0 Å². The summed E-state index contributed by atoms with van der Waals surface area (Å²) in [6, 6.07) is -0.486. The van der Waals surface area contributed by atoms with E-state index < -0.39 is 60.8 Å². The van der Waals surface area contributed by atoms with Gasteiger partial charge in [0.05, 0.1) is 12.7 Å². The van der Waals surface area contributed by atoms with E-state index in [1.165, 1.54) is 26.5 Å². The first-order valence-electron chi connectivity index (χ1n) is 9.33. The maximum Gasteiger partial charge on any atom is 0.490 e. The predicted octanol–water partition coefficient (Wildman–Crippen LogP) is 1.45. The molecule has 3 rings (SSSR count). The van der Waals surface area contributed by atoms with Crippen molar-refractivity contribution >= 4 is 51.1 Å². The molecule has 5 N–H and O–H groups in total. The van der Waals surface area contributed by atoms with Crippen molar-refractivity contribution in [2.24, 2.45) is 0 Å². The molecule has 0 saturated carbocycles. The van der Waals surface area contributed by atoms with Crippen LogP contribution in [0.4, 0.5) is 4.79 Å². The summed E-state index contributed by atoms with van der Waals surface area (Å²) in [5.41, 5.74) is 0.777. The number of ether oxygens (including phenoxy) is 3. The summed E-state index contributed by atoms with van der Waals surface area (Å²) >= 11 is 0. The van der Waals surface area contributed by atoms with E-state index in [1.54, 1.807) is 13.1 Å². The Hall–Kier alpha value is -0.0000000000000000971. The smallest absolute Gasteiger partial charge is 0.364 e. The van der Waals surface area contributed by atoms with Gasteiger partial charge in [-0.2, -0.15) is 8.62 Å². The molecule has 2 saturated heterocycles. The SMILES string of the molecule is CSSCO[C@H]1C[C@H](N2C=C(C)C3OC3NC2=O)O[C@@H]1COP(=O)(O)OP(=O)(O)OP(=O)(O)O. The highest BCUT2D eigenvalue weighted by molar-refractivity contribution is 8.76. The number of phosphoric acid groups is 3. The standard InChI is InChI=1S/C13H23N2O14P3S2/c1-7-4-15(13(16)14-12-11(7)27-12)10-3-8(24-6-34-33-2)9(26-10)5-25-31(20,21)29-32(22,23)28-30(17,18)19/h4,8-12H,3,5-6H2,1-2H3,(H,14,16)(H,20,21)(H,22,23)(H2,17,18,19)/t8-,9+,10+,11?,12?/m0/s1. The number of urea groups is 1. The Bertz CT molecular complexity index is 948. The third-order valence-electron chi connectivity index (χ3n) is 4.54. The number of phosphoric ester groups is 1. The highest BCUT2D eigenvalue weighted by Gasteiger charge is 2.48. The Morgan fingerprint density at radius 1 is 1.18 bits per heavy atom. The lowest BCUT2D eigenvalue weighted by molar-refractivity contribution is -0.0604. The number of carbonyl (C=O) groups is 1. The first-order valence-corrected chi connectivity index (χ1v) is 16.6. The largest absolute Gasteiger partial charge is 0.490 e. The van der Waals surface area contributed by atoms with Crippen LogP contribution in [0.5, 0.6) is 0 Å². The van der Waals surface area contributed by atoms with Crippen molar-refractivity contribution in [1.82, 2.24) is 10.2 Å². The number of nitrogens with zero attached hydrogens (tertiary/aromatic N) is 1. The molecule has 0 bridgehead atoms. The monoisotopic (exact) mass is 588 g/mol. The Labute approximate surface area is 201 Å². The molecule has 2 amide bonds. The van der Waals surface area contributed by atoms with Crippen LogP contribution in [0.15, 0.2) is 11.8 Å². The zero-order valence-corrected chi connectivity index (χ0v) is 21.9. The number of carbonyl (C=O) groups excluding carboxylic acids is 1. The summed E-state index contributed by atoms with van der Waals surface area (Å²) in [6.07, 6.45) is 0.314. The summed E-state index contributed by atoms with van der Waals surface area (Å²) in [7, 11) is -13.7. The minimum absolute atomic E-state index is 0.159. The summed E-state index contributed by atoms with van der Waals surface area (Å²) in [5.74, 6) is 0.215. The van der Waals surface area contributed by atoms with Crippen molar-refractivity contribution in [2.75, 3.05) is 18.8 Å². The average molecular weight is 588 g/mol. The zero-order chi connectivity index (χ0) is 25.3. The van der Waals surface area contributed by atoms with E-state index in [4.69, 9.17) is 24.0 Å². The fourth-order valence-corrected chi connectivity index (χ4v) is 6.97. The van der Waals surface area contributed by atoms with Crippen molar-refractivity contribution in [3.8, 4) is 0 Å². The first-order chi connectivity index (χ1) is 15.7. The lowest BCUT2D eigenvalue weighted by atomic mass is 10.2. The molecule has 7 atom stereocenters. The van der Waals surface area contributed by atoms with Crippen LogP contribution in [-0.4, -0.2) is 80.1 Å². The van der Waals surface area contributed by atoms with E-state index in [2.05, 4.69) is 18.5 Å². The molecule has 0 aliphatic carbocycles. The summed E-state index contributed by atoms with van der Waals surface area (Å²) in [4.78, 5) is 50.0. The molecule has 0 aromatic carbocycles. The molecule has 3 aliphatic heterocycles. The third kappa shape index (κ3) is 8.26. The normalized spacial score (nSPS) is 32.8. The van der Waals surface area contributed by atoms with Gasteiger partial charge in [0.1, 0.15) is 24.4 Å². The van der Waals surface area contributed by atoms with Crippen LogP contribution in [0, 0.1) is 0 Å². The lowest BCUT2D eigenvalue weighted by Gasteiger charge is -2.25. The van der Waals surface area contributed by atoms with E-state index in [-0.39, 0.29) is 18.5 Å². The minimum Gasteiger partial charge on any atom is -0.364 e. The molecule has 0 spiro atoms. The van der Waals surface area contributed by atoms with Gasteiger partial charge in [-0.3, -0.25) is 9.42 Å². The summed E-state index contributed by atoms with van der Waals surface area (Å²) < 4.78 is 63.2. The number of epoxide rings is 1. The Kier molecular flexibility index (Phi) is 9.39. The van der Waals surface area contributed by atoms with Gasteiger partial charge in [0, 0.05) is 12.6 Å². The number of amides is 2. The third-order valence-corrected chi connectivity index (χ3v) is 9.81. The Balaban J connectivity index is 1.66. The van der Waals surface area contributed by atoms with Crippen LogP contribution in [0.1, 0.15) is 13.3 Å². The van der Waals surface area contributed by atoms with Crippen LogP contribution in [0.3, 0.4) is 0 Å². The molecule has 0 aromatic rings. The maximum atomic E-state index is 12.5. The average Bonchev–Trinajstić information content (AvgIpc) is 3.33. The van der Waals surface area contributed by atoms with Gasteiger partial charge >= 0.3 is 29.5 Å². The van der Waals surface area contributed by atoms with E-state index in [9.17, 15) is 28.3 Å².